The summed E-state index contributed by atoms with van der Waals surface area (Å²) in [4.78, 5) is 11.1. The van der Waals surface area contributed by atoms with E-state index >= 15 is 0 Å². The quantitative estimate of drug-likeness (QED) is 0.523. The molecule has 0 unspecified atom stereocenters. The minimum Gasteiger partial charge on any atom is -0.278 e. The van der Waals surface area contributed by atoms with Gasteiger partial charge < -0.3 is 0 Å². The SMILES string of the molecule is C/C(=N/Nc1cccc([N+](=O)[O-])c1)c1ccc(Cl)s1. The summed E-state index contributed by atoms with van der Waals surface area (Å²) in [5, 5.41) is 14.8. The number of hydrazone groups is 1. The summed E-state index contributed by atoms with van der Waals surface area (Å²) in [6.45, 7) is 1.84. The molecule has 1 aromatic heterocycles. The van der Waals surface area contributed by atoms with Crippen LogP contribution >= 0.6 is 22.9 Å². The van der Waals surface area contributed by atoms with Crippen molar-refractivity contribution in [3.05, 3.63) is 55.7 Å². The molecule has 0 spiro atoms. The van der Waals surface area contributed by atoms with Crippen LogP contribution in [-0.4, -0.2) is 10.6 Å². The first kappa shape index (κ1) is 13.5. The maximum atomic E-state index is 10.6. The third-order valence-electron chi connectivity index (χ3n) is 2.34. The van der Waals surface area contributed by atoms with E-state index in [1.165, 1.54) is 23.5 Å². The number of halogens is 1. The van der Waals surface area contributed by atoms with E-state index in [0.29, 0.717) is 10.0 Å². The highest BCUT2D eigenvalue weighted by Gasteiger charge is 2.05. The molecular weight excluding hydrogens is 286 g/mol. The molecule has 0 aliphatic heterocycles. The van der Waals surface area contributed by atoms with Gasteiger partial charge in [-0.2, -0.15) is 5.10 Å². The van der Waals surface area contributed by atoms with Gasteiger partial charge in [-0.3, -0.25) is 15.5 Å². The first-order valence-electron chi connectivity index (χ1n) is 5.37. The molecular formula is C12H10ClN3O2S. The summed E-state index contributed by atoms with van der Waals surface area (Å²) in [7, 11) is 0. The number of nitro benzene ring substituents is 1. The number of nitrogens with zero attached hydrogens (tertiary/aromatic N) is 2. The van der Waals surface area contributed by atoms with Gasteiger partial charge in [0.1, 0.15) is 0 Å². The van der Waals surface area contributed by atoms with Crippen LogP contribution in [0.15, 0.2) is 41.5 Å². The zero-order chi connectivity index (χ0) is 13.8. The van der Waals surface area contributed by atoms with Gasteiger partial charge in [0.25, 0.3) is 5.69 Å². The second-order valence-electron chi connectivity index (χ2n) is 3.72. The fourth-order valence-electron chi connectivity index (χ4n) is 1.40. The number of benzene rings is 1. The third-order valence-corrected chi connectivity index (χ3v) is 3.68. The lowest BCUT2D eigenvalue weighted by Gasteiger charge is -2.01. The van der Waals surface area contributed by atoms with Gasteiger partial charge in [0.05, 0.1) is 25.5 Å². The molecule has 2 rings (SSSR count). The molecule has 0 fully saturated rings. The number of anilines is 1. The van der Waals surface area contributed by atoms with Crippen molar-refractivity contribution in [2.75, 3.05) is 5.43 Å². The van der Waals surface area contributed by atoms with Crippen molar-refractivity contribution in [1.29, 1.82) is 0 Å². The van der Waals surface area contributed by atoms with Gasteiger partial charge in [-0.05, 0) is 25.1 Å². The maximum absolute atomic E-state index is 10.6. The number of nitro groups is 1. The van der Waals surface area contributed by atoms with E-state index in [-0.39, 0.29) is 5.69 Å². The molecule has 1 heterocycles. The lowest BCUT2D eigenvalue weighted by Crippen LogP contribution is -1.97. The van der Waals surface area contributed by atoms with Crippen LogP contribution in [0.25, 0.3) is 0 Å². The first-order valence-corrected chi connectivity index (χ1v) is 6.56. The second kappa shape index (κ2) is 5.81. The molecule has 0 saturated heterocycles. The van der Waals surface area contributed by atoms with Crippen molar-refractivity contribution in [2.45, 2.75) is 6.92 Å². The molecule has 0 bridgehead atoms. The van der Waals surface area contributed by atoms with Crippen LogP contribution in [0.2, 0.25) is 4.34 Å². The fourth-order valence-corrected chi connectivity index (χ4v) is 2.39. The number of hydrogen-bond acceptors (Lipinski definition) is 5. The minimum atomic E-state index is -0.444. The highest BCUT2D eigenvalue weighted by Crippen LogP contribution is 2.22. The molecule has 7 heteroatoms. The first-order chi connectivity index (χ1) is 9.06. The monoisotopic (exact) mass is 295 g/mol. The van der Waals surface area contributed by atoms with Crippen LogP contribution in [0, 0.1) is 10.1 Å². The number of nitrogens with one attached hydrogen (secondary N) is 1. The van der Waals surface area contributed by atoms with E-state index in [0.717, 1.165) is 10.6 Å². The smallest absolute Gasteiger partial charge is 0.271 e. The molecule has 0 atom stereocenters. The van der Waals surface area contributed by atoms with Crippen LogP contribution in [0.4, 0.5) is 11.4 Å². The Hall–Kier alpha value is -1.92. The van der Waals surface area contributed by atoms with Crippen molar-refractivity contribution in [3.8, 4) is 0 Å². The van der Waals surface area contributed by atoms with Gasteiger partial charge >= 0.3 is 0 Å². The zero-order valence-corrected chi connectivity index (χ0v) is 11.5. The highest BCUT2D eigenvalue weighted by atomic mass is 35.5. The van der Waals surface area contributed by atoms with Crippen LogP contribution in [0.1, 0.15) is 11.8 Å². The summed E-state index contributed by atoms with van der Waals surface area (Å²) < 4.78 is 0.694. The molecule has 19 heavy (non-hydrogen) atoms. The van der Waals surface area contributed by atoms with Gasteiger partial charge in [-0.25, -0.2) is 0 Å². The lowest BCUT2D eigenvalue weighted by atomic mass is 10.3. The Morgan fingerprint density at radius 3 is 2.84 bits per heavy atom. The summed E-state index contributed by atoms with van der Waals surface area (Å²) in [5.74, 6) is 0. The Kier molecular flexibility index (Phi) is 4.13. The normalized spacial score (nSPS) is 11.4. The van der Waals surface area contributed by atoms with Crippen LogP contribution in [0.5, 0.6) is 0 Å². The van der Waals surface area contributed by atoms with Crippen LogP contribution < -0.4 is 5.43 Å². The standard InChI is InChI=1S/C12H10ClN3O2S/c1-8(11-5-6-12(13)19-11)14-15-9-3-2-4-10(7-9)16(17)18/h2-7,15H,1H3/b14-8-. The minimum absolute atomic E-state index is 0.0250. The van der Waals surface area contributed by atoms with Crippen molar-refractivity contribution in [2.24, 2.45) is 5.10 Å². The van der Waals surface area contributed by atoms with Crippen molar-refractivity contribution in [3.63, 3.8) is 0 Å². The van der Waals surface area contributed by atoms with Gasteiger partial charge in [0, 0.05) is 12.1 Å². The molecule has 0 amide bonds. The molecule has 98 valence electrons. The Morgan fingerprint density at radius 1 is 1.42 bits per heavy atom. The summed E-state index contributed by atoms with van der Waals surface area (Å²) in [6, 6.07) is 9.85. The second-order valence-corrected chi connectivity index (χ2v) is 5.44. The molecule has 0 aliphatic carbocycles. The maximum Gasteiger partial charge on any atom is 0.271 e. The van der Waals surface area contributed by atoms with Gasteiger partial charge in [-0.15, -0.1) is 11.3 Å². The number of hydrogen-bond donors (Lipinski definition) is 1. The topological polar surface area (TPSA) is 67.5 Å². The summed E-state index contributed by atoms with van der Waals surface area (Å²) in [6.07, 6.45) is 0. The Labute approximate surface area is 118 Å². The Balaban J connectivity index is 2.13. The number of non-ortho nitro benzene ring substituents is 1. The Bertz CT molecular complexity index is 639. The van der Waals surface area contributed by atoms with E-state index in [4.69, 9.17) is 11.6 Å². The molecule has 2 aromatic rings. The largest absolute Gasteiger partial charge is 0.278 e. The molecule has 0 aliphatic rings. The number of thiophene rings is 1. The van der Waals surface area contributed by atoms with E-state index in [2.05, 4.69) is 10.5 Å². The van der Waals surface area contributed by atoms with E-state index in [9.17, 15) is 10.1 Å². The predicted molar refractivity (Wildman–Crippen MR) is 78.3 cm³/mol. The summed E-state index contributed by atoms with van der Waals surface area (Å²) >= 11 is 7.27. The van der Waals surface area contributed by atoms with Crippen LogP contribution in [0.3, 0.4) is 0 Å². The average Bonchev–Trinajstić information content (AvgIpc) is 2.83. The van der Waals surface area contributed by atoms with Gasteiger partial charge in [0.15, 0.2) is 0 Å². The van der Waals surface area contributed by atoms with Gasteiger partial charge in [0.2, 0.25) is 0 Å². The van der Waals surface area contributed by atoms with Crippen LogP contribution in [-0.2, 0) is 0 Å². The average molecular weight is 296 g/mol. The third kappa shape index (κ3) is 3.52. The molecule has 0 saturated carbocycles. The van der Waals surface area contributed by atoms with E-state index < -0.39 is 4.92 Å². The molecule has 1 N–H and O–H groups in total. The Morgan fingerprint density at radius 2 is 2.21 bits per heavy atom. The van der Waals surface area contributed by atoms with E-state index in [1.807, 2.05) is 13.0 Å². The number of rotatable bonds is 4. The fraction of sp³-hybridized carbons (Fsp3) is 0.0833. The van der Waals surface area contributed by atoms with Crippen molar-refractivity contribution in [1.82, 2.24) is 0 Å². The molecule has 0 radical (unpaired) electrons. The molecule has 1 aromatic carbocycles. The summed E-state index contributed by atoms with van der Waals surface area (Å²) in [5.41, 5.74) is 4.15. The van der Waals surface area contributed by atoms with Gasteiger partial charge in [-0.1, -0.05) is 17.7 Å². The zero-order valence-electron chi connectivity index (χ0n) is 9.96. The van der Waals surface area contributed by atoms with Crippen molar-refractivity contribution < 1.29 is 4.92 Å². The molecule has 5 nitrogen and oxygen atoms in total. The highest BCUT2D eigenvalue weighted by molar-refractivity contribution is 7.18. The lowest BCUT2D eigenvalue weighted by molar-refractivity contribution is -0.384. The predicted octanol–water partition coefficient (Wildman–Crippen LogP) is 4.15. The van der Waals surface area contributed by atoms with E-state index in [1.54, 1.807) is 18.2 Å². The van der Waals surface area contributed by atoms with Crippen molar-refractivity contribution >= 4 is 40.0 Å².